The van der Waals surface area contributed by atoms with Gasteiger partial charge in [0, 0.05) is 17.5 Å². The van der Waals surface area contributed by atoms with Gasteiger partial charge in [0.15, 0.2) is 0 Å². The average Bonchev–Trinajstić information content (AvgIpc) is 3.39. The summed E-state index contributed by atoms with van der Waals surface area (Å²) < 4.78 is 67.6. The molecule has 0 atom stereocenters. The number of carbonyl (C=O) groups is 1. The average molecular weight is 380 g/mol. The van der Waals surface area contributed by atoms with E-state index in [0.29, 0.717) is 12.8 Å². The summed E-state index contributed by atoms with van der Waals surface area (Å²) in [5, 5.41) is 11.1. The van der Waals surface area contributed by atoms with Crippen LogP contribution in [-0.4, -0.2) is 12.5 Å². The molecule has 0 radical (unpaired) electrons. The van der Waals surface area contributed by atoms with E-state index in [4.69, 9.17) is 5.26 Å². The Bertz CT molecular complexity index is 919. The number of alkyl halides is 3. The molecule has 0 aromatic heterocycles. The number of nitrogens with one attached hydrogen (secondary N) is 1. The Hall–Kier alpha value is -2.95. The number of nitrogens with zero attached hydrogens (tertiary/aromatic N) is 1. The minimum absolute atomic E-state index is 0.173. The molecule has 0 aliphatic heterocycles. The molecule has 8 heteroatoms. The van der Waals surface area contributed by atoms with Crippen molar-refractivity contribution in [1.29, 1.82) is 5.26 Å². The molecule has 0 heterocycles. The van der Waals surface area contributed by atoms with Crippen molar-refractivity contribution in [3.8, 4) is 6.07 Å². The van der Waals surface area contributed by atoms with Crippen molar-refractivity contribution in [3.05, 3.63) is 70.3 Å². The van der Waals surface area contributed by atoms with Gasteiger partial charge in [-0.2, -0.15) is 18.4 Å². The van der Waals surface area contributed by atoms with E-state index in [1.165, 1.54) is 12.1 Å². The van der Waals surface area contributed by atoms with Gasteiger partial charge in [-0.25, -0.2) is 8.78 Å². The molecule has 1 aliphatic carbocycles. The zero-order chi connectivity index (χ0) is 19.8. The second-order valence-corrected chi connectivity index (χ2v) is 6.43. The van der Waals surface area contributed by atoms with Crippen molar-refractivity contribution in [1.82, 2.24) is 5.32 Å². The van der Waals surface area contributed by atoms with Gasteiger partial charge in [0.1, 0.15) is 11.6 Å². The van der Waals surface area contributed by atoms with Gasteiger partial charge in [-0.05, 0) is 37.1 Å². The van der Waals surface area contributed by atoms with E-state index in [1.807, 2.05) is 0 Å². The third-order valence-electron chi connectivity index (χ3n) is 4.62. The van der Waals surface area contributed by atoms with Gasteiger partial charge in [0.2, 0.25) is 0 Å². The number of hydrogen-bond donors (Lipinski definition) is 1. The van der Waals surface area contributed by atoms with Gasteiger partial charge in [-0.3, -0.25) is 4.79 Å². The lowest BCUT2D eigenvalue weighted by atomic mass is 9.93. The zero-order valence-electron chi connectivity index (χ0n) is 13.8. The largest absolute Gasteiger partial charge is 0.417 e. The number of carbonyl (C=O) groups excluding carboxylic acids is 1. The molecule has 1 fully saturated rings. The monoisotopic (exact) mass is 380 g/mol. The first kappa shape index (κ1) is 18.8. The van der Waals surface area contributed by atoms with Gasteiger partial charge < -0.3 is 5.32 Å². The van der Waals surface area contributed by atoms with Crippen LogP contribution in [0.5, 0.6) is 0 Å². The predicted octanol–water partition coefficient (Wildman–Crippen LogP) is 4.32. The minimum atomic E-state index is -4.70. The normalized spacial score (nSPS) is 15.1. The number of hydrogen-bond acceptors (Lipinski definition) is 2. The molecule has 27 heavy (non-hydrogen) atoms. The third kappa shape index (κ3) is 3.63. The van der Waals surface area contributed by atoms with Crippen LogP contribution in [0.4, 0.5) is 22.0 Å². The molecule has 0 bridgehead atoms. The zero-order valence-corrected chi connectivity index (χ0v) is 13.8. The molecule has 0 unspecified atom stereocenters. The van der Waals surface area contributed by atoms with Crippen LogP contribution < -0.4 is 5.32 Å². The van der Waals surface area contributed by atoms with Crippen LogP contribution in [0.3, 0.4) is 0 Å². The summed E-state index contributed by atoms with van der Waals surface area (Å²) >= 11 is 0. The summed E-state index contributed by atoms with van der Waals surface area (Å²) in [5.74, 6) is -2.79. The van der Waals surface area contributed by atoms with Crippen LogP contribution in [-0.2, 0) is 11.6 Å². The molecule has 1 aliphatic rings. The molecule has 1 N–H and O–H groups in total. The van der Waals surface area contributed by atoms with Crippen LogP contribution in [0.2, 0.25) is 0 Å². The Balaban J connectivity index is 1.82. The molecule has 0 saturated heterocycles. The third-order valence-corrected chi connectivity index (χ3v) is 4.62. The Morgan fingerprint density at radius 3 is 2.26 bits per heavy atom. The maximum atomic E-state index is 14.2. The standard InChI is InChI=1S/C19H13F5N2O/c20-14-7-11(9-25)8-15(21)16(14)18(5-6-18)10-26-17(27)12-3-1-2-4-13(12)19(22,23)24/h1-4,7-8H,5-6,10H2,(H,26,27). The van der Waals surface area contributed by atoms with Crippen LogP contribution in [0.1, 0.15) is 39.9 Å². The van der Waals surface area contributed by atoms with Gasteiger partial charge >= 0.3 is 6.18 Å². The highest BCUT2D eigenvalue weighted by molar-refractivity contribution is 5.96. The lowest BCUT2D eigenvalue weighted by Crippen LogP contribution is -2.34. The van der Waals surface area contributed by atoms with E-state index in [9.17, 15) is 26.7 Å². The Morgan fingerprint density at radius 2 is 1.74 bits per heavy atom. The lowest BCUT2D eigenvalue weighted by molar-refractivity contribution is -0.137. The van der Waals surface area contributed by atoms with Crippen molar-refractivity contribution in [2.75, 3.05) is 6.54 Å². The summed E-state index contributed by atoms with van der Waals surface area (Å²) in [5.41, 5.74) is -3.09. The fourth-order valence-corrected chi connectivity index (χ4v) is 3.08. The highest BCUT2D eigenvalue weighted by atomic mass is 19.4. The maximum Gasteiger partial charge on any atom is 0.417 e. The molecular weight excluding hydrogens is 367 g/mol. The Labute approximate surface area is 151 Å². The van der Waals surface area contributed by atoms with E-state index in [-0.39, 0.29) is 17.7 Å². The molecule has 140 valence electrons. The molecule has 2 aromatic rings. The SMILES string of the molecule is N#Cc1cc(F)c(C2(CNC(=O)c3ccccc3C(F)(F)F)CC2)c(F)c1. The summed E-state index contributed by atoms with van der Waals surface area (Å²) in [7, 11) is 0. The van der Waals surface area contributed by atoms with Gasteiger partial charge in [0.05, 0.1) is 22.8 Å². The van der Waals surface area contributed by atoms with Crippen LogP contribution in [0, 0.1) is 23.0 Å². The van der Waals surface area contributed by atoms with E-state index in [0.717, 1.165) is 24.3 Å². The van der Waals surface area contributed by atoms with Crippen LogP contribution in [0.25, 0.3) is 0 Å². The smallest absolute Gasteiger partial charge is 0.351 e. The number of halogens is 5. The van der Waals surface area contributed by atoms with E-state index >= 15 is 0 Å². The van der Waals surface area contributed by atoms with Crippen molar-refractivity contribution >= 4 is 5.91 Å². The van der Waals surface area contributed by atoms with Crippen molar-refractivity contribution in [2.45, 2.75) is 24.4 Å². The number of amides is 1. The van der Waals surface area contributed by atoms with Crippen molar-refractivity contribution in [3.63, 3.8) is 0 Å². The summed E-state index contributed by atoms with van der Waals surface area (Å²) in [6.07, 6.45) is -3.96. The molecule has 3 nitrogen and oxygen atoms in total. The quantitative estimate of drug-likeness (QED) is 0.804. The first-order valence-corrected chi connectivity index (χ1v) is 8.02. The van der Waals surface area contributed by atoms with E-state index in [1.54, 1.807) is 6.07 Å². The highest BCUT2D eigenvalue weighted by Gasteiger charge is 2.48. The predicted molar refractivity (Wildman–Crippen MR) is 85.8 cm³/mol. The van der Waals surface area contributed by atoms with Gasteiger partial charge in [0.25, 0.3) is 5.91 Å². The first-order chi connectivity index (χ1) is 12.7. The van der Waals surface area contributed by atoms with Crippen molar-refractivity contribution in [2.24, 2.45) is 0 Å². The second-order valence-electron chi connectivity index (χ2n) is 6.43. The number of rotatable bonds is 4. The topological polar surface area (TPSA) is 52.9 Å². The van der Waals surface area contributed by atoms with E-state index in [2.05, 4.69) is 5.32 Å². The summed E-state index contributed by atoms with van der Waals surface area (Å²) in [6.45, 7) is -0.211. The van der Waals surface area contributed by atoms with Gasteiger partial charge in [-0.15, -0.1) is 0 Å². The summed E-state index contributed by atoms with van der Waals surface area (Å²) in [4.78, 5) is 12.2. The van der Waals surface area contributed by atoms with Crippen LogP contribution >= 0.6 is 0 Å². The minimum Gasteiger partial charge on any atom is -0.351 e. The first-order valence-electron chi connectivity index (χ1n) is 8.02. The molecule has 3 rings (SSSR count). The van der Waals surface area contributed by atoms with Crippen LogP contribution in [0.15, 0.2) is 36.4 Å². The molecule has 1 amide bonds. The molecule has 2 aromatic carbocycles. The number of nitriles is 1. The fraction of sp³-hybridized carbons (Fsp3) is 0.263. The lowest BCUT2D eigenvalue weighted by Gasteiger charge is -2.19. The van der Waals surface area contributed by atoms with Crippen molar-refractivity contribution < 1.29 is 26.7 Å². The Kier molecular flexibility index (Phi) is 4.64. The number of benzene rings is 2. The molecule has 1 saturated carbocycles. The fourth-order valence-electron chi connectivity index (χ4n) is 3.08. The Morgan fingerprint density at radius 1 is 1.15 bits per heavy atom. The van der Waals surface area contributed by atoms with E-state index < -0.39 is 40.3 Å². The van der Waals surface area contributed by atoms with Gasteiger partial charge in [-0.1, -0.05) is 12.1 Å². The maximum absolute atomic E-state index is 14.2. The second kappa shape index (κ2) is 6.65. The summed E-state index contributed by atoms with van der Waals surface area (Å²) in [6, 6.07) is 7.76. The highest BCUT2D eigenvalue weighted by Crippen LogP contribution is 2.49. The molecular formula is C19H13F5N2O. The molecule has 0 spiro atoms.